The first kappa shape index (κ1) is 21.3. The molecule has 0 aromatic heterocycles. The second kappa shape index (κ2) is 9.81. The molecule has 2 heteroatoms. The van der Waals surface area contributed by atoms with Gasteiger partial charge in [0.1, 0.15) is 0 Å². The summed E-state index contributed by atoms with van der Waals surface area (Å²) in [6.45, 7) is 16.0. The zero-order valence-corrected chi connectivity index (χ0v) is 17.7. The molecule has 0 N–H and O–H groups in total. The Balaban J connectivity index is 2.23. The van der Waals surface area contributed by atoms with Gasteiger partial charge in [0.05, 0.1) is 0 Å². The van der Waals surface area contributed by atoms with Gasteiger partial charge in [-0.3, -0.25) is 0 Å². The number of hydrogen-bond acceptors (Lipinski definition) is 2. The van der Waals surface area contributed by atoms with E-state index in [9.17, 15) is 0 Å². The fourth-order valence-corrected chi connectivity index (χ4v) is 4.39. The quantitative estimate of drug-likeness (QED) is 0.453. The molecule has 2 rings (SSSR count). The summed E-state index contributed by atoms with van der Waals surface area (Å²) >= 11 is 0. The minimum absolute atomic E-state index is 0.611. The van der Waals surface area contributed by atoms with Gasteiger partial charge in [0.25, 0.3) is 0 Å². The maximum Gasteiger partial charge on any atom is 0.00673 e. The zero-order valence-electron chi connectivity index (χ0n) is 17.7. The van der Waals surface area contributed by atoms with Gasteiger partial charge in [0.2, 0.25) is 0 Å². The molecule has 0 saturated carbocycles. The highest BCUT2D eigenvalue weighted by atomic mass is 15.1. The van der Waals surface area contributed by atoms with Gasteiger partial charge < -0.3 is 9.80 Å². The van der Waals surface area contributed by atoms with E-state index in [-0.39, 0.29) is 0 Å². The van der Waals surface area contributed by atoms with Crippen molar-refractivity contribution in [1.29, 1.82) is 0 Å². The number of rotatable bonds is 7. The molecule has 0 spiro atoms. The molecule has 2 aliphatic rings. The van der Waals surface area contributed by atoms with Gasteiger partial charge in [-0.2, -0.15) is 0 Å². The molecular weight excluding hydrogens is 328 g/mol. The molecule has 27 heavy (non-hydrogen) atoms. The lowest BCUT2D eigenvalue weighted by Gasteiger charge is -2.39. The maximum atomic E-state index is 5.75. The van der Waals surface area contributed by atoms with Crippen LogP contribution >= 0.6 is 0 Å². The lowest BCUT2D eigenvalue weighted by atomic mass is 9.76. The summed E-state index contributed by atoms with van der Waals surface area (Å²) in [4.78, 5) is 4.76. The highest BCUT2D eigenvalue weighted by molar-refractivity contribution is 5.53. The van der Waals surface area contributed by atoms with Crippen molar-refractivity contribution in [3.8, 4) is 12.3 Å². The average Bonchev–Trinajstić information content (AvgIpc) is 2.64. The van der Waals surface area contributed by atoms with Crippen molar-refractivity contribution >= 4 is 0 Å². The van der Waals surface area contributed by atoms with Crippen LogP contribution in [0.1, 0.15) is 39.5 Å². The van der Waals surface area contributed by atoms with Crippen LogP contribution in [0.2, 0.25) is 0 Å². The molecule has 0 aromatic rings. The van der Waals surface area contributed by atoms with Gasteiger partial charge in [0.15, 0.2) is 0 Å². The second-order valence-electron chi connectivity index (χ2n) is 8.29. The lowest BCUT2D eigenvalue weighted by Crippen LogP contribution is -2.41. The third-order valence-corrected chi connectivity index (χ3v) is 6.00. The molecule has 146 valence electrons. The SMILES string of the molecule is C#CC1=C(C)C(/C=C\C=C)=C(C2CC(C)CN(CCC(=C)N(C)C)C2)CC1. The zero-order chi connectivity index (χ0) is 20.0. The molecule has 1 aliphatic carbocycles. The Morgan fingerprint density at radius 2 is 2.07 bits per heavy atom. The molecule has 2 unspecified atom stereocenters. The monoisotopic (exact) mass is 364 g/mol. The van der Waals surface area contributed by atoms with Gasteiger partial charge in [0, 0.05) is 45.0 Å². The normalized spacial score (nSPS) is 24.3. The van der Waals surface area contributed by atoms with Crippen molar-refractivity contribution in [2.75, 3.05) is 33.7 Å². The van der Waals surface area contributed by atoms with Crippen molar-refractivity contribution in [2.24, 2.45) is 11.8 Å². The Morgan fingerprint density at radius 3 is 2.70 bits per heavy atom. The average molecular weight is 365 g/mol. The van der Waals surface area contributed by atoms with Crippen LogP contribution in [0, 0.1) is 24.2 Å². The van der Waals surface area contributed by atoms with Crippen LogP contribution in [-0.2, 0) is 0 Å². The van der Waals surface area contributed by atoms with Gasteiger partial charge in [-0.05, 0) is 55.6 Å². The Hall–Kier alpha value is -1.98. The molecule has 2 atom stereocenters. The van der Waals surface area contributed by atoms with E-state index in [0.29, 0.717) is 11.8 Å². The summed E-state index contributed by atoms with van der Waals surface area (Å²) in [5, 5.41) is 0. The van der Waals surface area contributed by atoms with Gasteiger partial charge >= 0.3 is 0 Å². The Kier molecular flexibility index (Phi) is 7.75. The van der Waals surface area contributed by atoms with Crippen LogP contribution in [-0.4, -0.2) is 43.5 Å². The lowest BCUT2D eigenvalue weighted by molar-refractivity contribution is 0.145. The predicted molar refractivity (Wildman–Crippen MR) is 118 cm³/mol. The van der Waals surface area contributed by atoms with Crippen molar-refractivity contribution < 1.29 is 0 Å². The Morgan fingerprint density at radius 1 is 1.33 bits per heavy atom. The first-order valence-corrected chi connectivity index (χ1v) is 10.1. The molecule has 1 fully saturated rings. The molecule has 1 aliphatic heterocycles. The fraction of sp³-hybridized carbons (Fsp3) is 0.520. The van der Waals surface area contributed by atoms with Gasteiger partial charge in [-0.15, -0.1) is 6.42 Å². The third kappa shape index (κ3) is 5.50. The van der Waals surface area contributed by atoms with Crippen LogP contribution in [0.5, 0.6) is 0 Å². The Labute approximate surface area is 167 Å². The number of nitrogens with zero attached hydrogens (tertiary/aromatic N) is 2. The van der Waals surface area contributed by atoms with E-state index < -0.39 is 0 Å². The van der Waals surface area contributed by atoms with Crippen LogP contribution < -0.4 is 0 Å². The van der Waals surface area contributed by atoms with E-state index in [1.807, 2.05) is 12.2 Å². The van der Waals surface area contributed by atoms with Gasteiger partial charge in [-0.25, -0.2) is 0 Å². The van der Waals surface area contributed by atoms with Crippen molar-refractivity contribution in [1.82, 2.24) is 9.80 Å². The number of terminal acetylenes is 1. The molecule has 0 bridgehead atoms. The van der Waals surface area contributed by atoms with E-state index in [4.69, 9.17) is 6.42 Å². The number of hydrogen-bond donors (Lipinski definition) is 0. The molecule has 1 saturated heterocycles. The van der Waals surface area contributed by atoms with Gasteiger partial charge in [-0.1, -0.05) is 49.8 Å². The maximum absolute atomic E-state index is 5.75. The van der Waals surface area contributed by atoms with E-state index >= 15 is 0 Å². The van der Waals surface area contributed by atoms with Crippen molar-refractivity contribution in [3.63, 3.8) is 0 Å². The van der Waals surface area contributed by atoms with E-state index in [1.54, 1.807) is 5.57 Å². The highest BCUT2D eigenvalue weighted by Crippen LogP contribution is 2.39. The number of allylic oxidation sites excluding steroid dienone is 6. The predicted octanol–water partition coefficient (Wildman–Crippen LogP) is 5.19. The standard InChI is InChI=1S/C25H36N2/c1-8-10-11-24-21(5)22(9-2)12-13-25(24)23-16-19(3)17-27(18-23)15-14-20(4)26(6)7/h2,8,10-11,19,23H,1,4,12-18H2,3,5-7H3/b11-10-. The van der Waals surface area contributed by atoms with E-state index in [1.165, 1.54) is 29.8 Å². The Bertz CT molecular complexity index is 696. The van der Waals surface area contributed by atoms with E-state index in [0.717, 1.165) is 37.9 Å². The highest BCUT2D eigenvalue weighted by Gasteiger charge is 2.30. The van der Waals surface area contributed by atoms with E-state index in [2.05, 4.69) is 62.9 Å². The topological polar surface area (TPSA) is 6.48 Å². The minimum Gasteiger partial charge on any atom is -0.381 e. The van der Waals surface area contributed by atoms with Crippen molar-refractivity contribution in [3.05, 3.63) is 59.4 Å². The van der Waals surface area contributed by atoms with Crippen LogP contribution in [0.3, 0.4) is 0 Å². The van der Waals surface area contributed by atoms with Crippen LogP contribution in [0.15, 0.2) is 59.4 Å². The van der Waals surface area contributed by atoms with Crippen molar-refractivity contribution in [2.45, 2.75) is 39.5 Å². The molecule has 0 radical (unpaired) electrons. The smallest absolute Gasteiger partial charge is 0.00673 e. The van der Waals surface area contributed by atoms with Crippen LogP contribution in [0.25, 0.3) is 0 Å². The summed E-state index contributed by atoms with van der Waals surface area (Å²) in [5.41, 5.74) is 6.58. The second-order valence-corrected chi connectivity index (χ2v) is 8.29. The molecule has 1 heterocycles. The summed E-state index contributed by atoms with van der Waals surface area (Å²) < 4.78 is 0. The van der Waals surface area contributed by atoms with Crippen LogP contribution in [0.4, 0.5) is 0 Å². The summed E-state index contributed by atoms with van der Waals surface area (Å²) in [5.74, 6) is 4.23. The first-order valence-electron chi connectivity index (χ1n) is 10.1. The summed E-state index contributed by atoms with van der Waals surface area (Å²) in [6, 6.07) is 0. The molecular formula is C25H36N2. The molecule has 0 amide bonds. The summed E-state index contributed by atoms with van der Waals surface area (Å²) in [6.07, 6.45) is 16.3. The third-order valence-electron chi connectivity index (χ3n) is 6.00. The largest absolute Gasteiger partial charge is 0.381 e. The first-order chi connectivity index (χ1) is 12.9. The minimum atomic E-state index is 0.611. The number of likely N-dealkylation sites (tertiary alicyclic amines) is 1. The molecule has 2 nitrogen and oxygen atoms in total. The number of piperidine rings is 1. The fourth-order valence-electron chi connectivity index (χ4n) is 4.39. The molecule has 0 aromatic carbocycles. The summed E-state index contributed by atoms with van der Waals surface area (Å²) in [7, 11) is 4.15.